The van der Waals surface area contributed by atoms with Crippen LogP contribution in [-0.4, -0.2) is 30.2 Å². The van der Waals surface area contributed by atoms with Crippen LogP contribution in [0.1, 0.15) is 69.8 Å². The number of hydrogen-bond donors (Lipinski definition) is 2. The van der Waals surface area contributed by atoms with Gasteiger partial charge in [0, 0.05) is 24.7 Å². The summed E-state index contributed by atoms with van der Waals surface area (Å²) in [6, 6.07) is 7.28. The van der Waals surface area contributed by atoms with Gasteiger partial charge in [-0.2, -0.15) is 0 Å². The third-order valence-electron chi connectivity index (χ3n) is 7.79. The number of aliphatic carboxylic acids is 1. The maximum absolute atomic E-state index is 13.7. The third kappa shape index (κ3) is 13.4. The van der Waals surface area contributed by atoms with Crippen LogP contribution in [0.25, 0.3) is 28.6 Å². The minimum atomic E-state index is -1.00. The van der Waals surface area contributed by atoms with Crippen molar-refractivity contribution in [2.45, 2.75) is 77.3 Å². The second-order valence-corrected chi connectivity index (χ2v) is 10.4. The second kappa shape index (κ2) is 27.2. The Labute approximate surface area is 288 Å². The van der Waals surface area contributed by atoms with E-state index in [-0.39, 0.29) is 11.2 Å². The number of carboxylic acid groups (broad SMARTS) is 1. The van der Waals surface area contributed by atoms with Crippen molar-refractivity contribution in [3.63, 3.8) is 0 Å². The molecule has 2 fully saturated rings. The highest BCUT2D eigenvalue weighted by molar-refractivity contribution is 5.85. The molecule has 2 heterocycles. The predicted octanol–water partition coefficient (Wildman–Crippen LogP) is 9.62. The summed E-state index contributed by atoms with van der Waals surface area (Å²) in [6.45, 7) is 37.1. The van der Waals surface area contributed by atoms with Gasteiger partial charge >= 0.3 is 11.7 Å². The summed E-state index contributed by atoms with van der Waals surface area (Å²) in [6.07, 6.45) is 14.1. The maximum atomic E-state index is 13.7. The number of carbonyl (C=O) groups is 1. The monoisotopic (exact) mass is 658 g/mol. The summed E-state index contributed by atoms with van der Waals surface area (Å²) >= 11 is 0. The van der Waals surface area contributed by atoms with Crippen molar-refractivity contribution in [3.05, 3.63) is 136 Å². The first-order chi connectivity index (χ1) is 23.5. The number of benzene rings is 1. The van der Waals surface area contributed by atoms with E-state index < -0.39 is 5.97 Å². The zero-order chi connectivity index (χ0) is 37.1. The standard InChI is InChI=1S/C28H34N4O4.6C2H4/c33-23(34)16-13-19-11-14-22(15-12-19)25-29-24-26(30-25)31(17-20-7-3-1-4-8-20)28(36)32(27(24)35)18-21-9-5-2-6-10-21;6*1-2/h11-16,20-21H,1-10,17-18H2,(H,29,30)(H,33,34);6*1-2H2/b16-13+;;;;;;. The van der Waals surface area contributed by atoms with Gasteiger partial charge in [-0.05, 0) is 49.2 Å². The van der Waals surface area contributed by atoms with Gasteiger partial charge in [-0.25, -0.2) is 14.6 Å². The Hall–Kier alpha value is -4.98. The third-order valence-corrected chi connectivity index (χ3v) is 7.79. The SMILES string of the molecule is C=C.C=C.C=C.C=C.C=C.C=C.O=C(O)/C=C/c1ccc(-c2nc3c([nH]2)c(=O)n(CC2CCCCC2)c(=O)n3CC2CCCCC2)cc1. The number of hydrogen-bond acceptors (Lipinski definition) is 4. The van der Waals surface area contributed by atoms with Gasteiger partial charge in [0.05, 0.1) is 0 Å². The van der Waals surface area contributed by atoms with Crippen molar-refractivity contribution >= 4 is 23.2 Å². The molecule has 5 rings (SSSR count). The fraction of sp³-hybridized carbons (Fsp3) is 0.350. The second-order valence-electron chi connectivity index (χ2n) is 10.4. The minimum Gasteiger partial charge on any atom is -0.478 e. The molecule has 0 bridgehead atoms. The summed E-state index contributed by atoms with van der Waals surface area (Å²) < 4.78 is 3.18. The number of nitrogens with zero attached hydrogens (tertiary/aromatic N) is 3. The number of nitrogens with one attached hydrogen (secondary N) is 1. The van der Waals surface area contributed by atoms with E-state index >= 15 is 0 Å². The molecule has 0 radical (unpaired) electrons. The Balaban J connectivity index is 0. The van der Waals surface area contributed by atoms with E-state index in [4.69, 9.17) is 10.1 Å². The lowest BCUT2D eigenvalue weighted by Gasteiger charge is -2.24. The number of H-pyrrole nitrogens is 1. The molecule has 2 saturated carbocycles. The van der Waals surface area contributed by atoms with Crippen LogP contribution in [0.5, 0.6) is 0 Å². The molecule has 262 valence electrons. The predicted molar refractivity (Wildman–Crippen MR) is 207 cm³/mol. The van der Waals surface area contributed by atoms with Gasteiger partial charge in [-0.3, -0.25) is 13.9 Å². The minimum absolute atomic E-state index is 0.240. The molecule has 48 heavy (non-hydrogen) atoms. The van der Waals surface area contributed by atoms with Crippen LogP contribution in [0.3, 0.4) is 0 Å². The number of aromatic nitrogens is 4. The fourth-order valence-corrected chi connectivity index (χ4v) is 5.80. The molecule has 0 spiro atoms. The quantitative estimate of drug-likeness (QED) is 0.194. The molecule has 0 atom stereocenters. The molecule has 8 heteroatoms. The topological polar surface area (TPSA) is 110 Å². The highest BCUT2D eigenvalue weighted by Gasteiger charge is 2.24. The molecule has 0 saturated heterocycles. The number of imidazole rings is 1. The maximum Gasteiger partial charge on any atom is 0.332 e. The average Bonchev–Trinajstić information content (AvgIpc) is 3.63. The van der Waals surface area contributed by atoms with Crippen molar-refractivity contribution < 1.29 is 9.90 Å². The first-order valence-electron chi connectivity index (χ1n) is 16.2. The number of aromatic amines is 1. The van der Waals surface area contributed by atoms with E-state index in [1.54, 1.807) is 16.7 Å². The number of fused-ring (bicyclic) bond motifs is 1. The van der Waals surface area contributed by atoms with E-state index in [0.717, 1.165) is 55.7 Å². The van der Waals surface area contributed by atoms with E-state index in [9.17, 15) is 14.4 Å². The Kier molecular flexibility index (Phi) is 25.5. The average molecular weight is 659 g/mol. The molecule has 1 aromatic carbocycles. The Bertz CT molecular complexity index is 1450. The van der Waals surface area contributed by atoms with Crippen molar-refractivity contribution in [1.82, 2.24) is 19.1 Å². The molecule has 0 aliphatic heterocycles. The van der Waals surface area contributed by atoms with Crippen molar-refractivity contribution in [2.24, 2.45) is 11.8 Å². The molecule has 8 nitrogen and oxygen atoms in total. The van der Waals surface area contributed by atoms with Crippen LogP contribution in [0.4, 0.5) is 0 Å². The summed E-state index contributed by atoms with van der Waals surface area (Å²) in [7, 11) is 0. The van der Waals surface area contributed by atoms with E-state index in [2.05, 4.69) is 83.9 Å². The molecule has 3 aromatic rings. The van der Waals surface area contributed by atoms with Crippen LogP contribution in [-0.2, 0) is 17.9 Å². The summed E-state index contributed by atoms with van der Waals surface area (Å²) in [5, 5.41) is 8.84. The van der Waals surface area contributed by atoms with Crippen molar-refractivity contribution in [2.75, 3.05) is 0 Å². The lowest BCUT2D eigenvalue weighted by Crippen LogP contribution is -2.42. The molecule has 2 aliphatic rings. The van der Waals surface area contributed by atoms with Gasteiger partial charge in [0.2, 0.25) is 0 Å². The van der Waals surface area contributed by atoms with Gasteiger partial charge in [0.1, 0.15) is 11.3 Å². The molecule has 2 aromatic heterocycles. The zero-order valence-electron chi connectivity index (χ0n) is 29.1. The Morgan fingerprint density at radius 1 is 0.729 bits per heavy atom. The van der Waals surface area contributed by atoms with Crippen LogP contribution < -0.4 is 11.2 Å². The van der Waals surface area contributed by atoms with Crippen LogP contribution in [0.2, 0.25) is 0 Å². The van der Waals surface area contributed by atoms with Crippen molar-refractivity contribution in [1.29, 1.82) is 0 Å². The number of rotatable bonds is 7. The number of carboxylic acids is 1. The fourth-order valence-electron chi connectivity index (χ4n) is 5.80. The van der Waals surface area contributed by atoms with E-state index in [1.165, 1.54) is 36.3 Å². The van der Waals surface area contributed by atoms with Gasteiger partial charge in [0.15, 0.2) is 5.65 Å². The Morgan fingerprint density at radius 2 is 1.17 bits per heavy atom. The normalized spacial score (nSPS) is 13.8. The molecule has 2 N–H and O–H groups in total. The highest BCUT2D eigenvalue weighted by Crippen LogP contribution is 2.27. The van der Waals surface area contributed by atoms with E-state index in [1.807, 2.05) is 12.1 Å². The summed E-state index contributed by atoms with van der Waals surface area (Å²) in [4.78, 5) is 46.0. The first kappa shape index (κ1) is 45.1. The highest BCUT2D eigenvalue weighted by atomic mass is 16.4. The van der Waals surface area contributed by atoms with Crippen LogP contribution in [0, 0.1) is 11.8 Å². The van der Waals surface area contributed by atoms with E-state index in [0.29, 0.717) is 41.9 Å². The molecular formula is C40H58N4O4. The summed E-state index contributed by atoms with van der Waals surface area (Å²) in [5.74, 6) is 0.305. The van der Waals surface area contributed by atoms with Gasteiger partial charge < -0.3 is 10.1 Å². The van der Waals surface area contributed by atoms with Crippen LogP contribution in [0.15, 0.2) is 119 Å². The van der Waals surface area contributed by atoms with Gasteiger partial charge in [-0.1, -0.05) is 62.8 Å². The first-order valence-corrected chi connectivity index (χ1v) is 16.2. The molecule has 0 unspecified atom stereocenters. The molecular weight excluding hydrogens is 600 g/mol. The largest absolute Gasteiger partial charge is 0.478 e. The Morgan fingerprint density at radius 3 is 1.60 bits per heavy atom. The lowest BCUT2D eigenvalue weighted by molar-refractivity contribution is -0.131. The van der Waals surface area contributed by atoms with Crippen molar-refractivity contribution in [3.8, 4) is 11.4 Å². The van der Waals surface area contributed by atoms with Gasteiger partial charge in [-0.15, -0.1) is 78.9 Å². The molecule has 0 amide bonds. The lowest BCUT2D eigenvalue weighted by atomic mass is 9.89. The smallest absolute Gasteiger partial charge is 0.332 e. The zero-order valence-corrected chi connectivity index (χ0v) is 29.1. The summed E-state index contributed by atoms with van der Waals surface area (Å²) in [5.41, 5.74) is 1.80. The van der Waals surface area contributed by atoms with Gasteiger partial charge in [0.25, 0.3) is 5.56 Å². The van der Waals surface area contributed by atoms with Crippen LogP contribution >= 0.6 is 0 Å². The molecule has 2 aliphatic carbocycles.